The van der Waals surface area contributed by atoms with Gasteiger partial charge in [-0.15, -0.1) is 0 Å². The van der Waals surface area contributed by atoms with Crippen LogP contribution in [0.1, 0.15) is 55.1 Å². The number of aromatic nitrogens is 1. The van der Waals surface area contributed by atoms with E-state index in [1.54, 1.807) is 32.0 Å². The Labute approximate surface area is 211 Å². The molecule has 1 saturated heterocycles. The molecule has 0 bridgehead atoms. The van der Waals surface area contributed by atoms with E-state index in [1.165, 1.54) is 0 Å². The van der Waals surface area contributed by atoms with Crippen LogP contribution in [-0.2, 0) is 14.8 Å². The van der Waals surface area contributed by atoms with Crippen molar-refractivity contribution in [3.05, 3.63) is 53.6 Å². The highest BCUT2D eigenvalue weighted by Gasteiger charge is 2.29. The van der Waals surface area contributed by atoms with Crippen molar-refractivity contribution < 1.29 is 17.9 Å². The number of benzene rings is 2. The van der Waals surface area contributed by atoms with Crippen molar-refractivity contribution in [3.63, 3.8) is 0 Å². The van der Waals surface area contributed by atoms with Crippen molar-refractivity contribution in [1.29, 1.82) is 5.26 Å². The summed E-state index contributed by atoms with van der Waals surface area (Å²) in [5.74, 6) is -0.0246. The number of morpholine rings is 1. The number of amides is 1. The topological polar surface area (TPSA) is 104 Å². The van der Waals surface area contributed by atoms with Gasteiger partial charge in [0, 0.05) is 35.8 Å². The molecule has 0 atom stereocenters. The standard InChI is InChI=1S/C27H30N4O4S/c1-18(2)36(33,34)29-21-9-6-19(7-10-21)26-24(17-28)23-11-8-20(27(32)30-12-14-35-15-13-30)16-25(23)31(26)22-4-3-5-22/h6-11,16,18,22,29H,3-5,12-15H2,1-2H3. The molecule has 1 saturated carbocycles. The first-order valence-corrected chi connectivity index (χ1v) is 13.9. The molecule has 5 rings (SSSR count). The van der Waals surface area contributed by atoms with Gasteiger partial charge < -0.3 is 14.2 Å². The number of ether oxygens (including phenoxy) is 1. The van der Waals surface area contributed by atoms with Gasteiger partial charge in [-0.1, -0.05) is 18.2 Å². The molecule has 2 aliphatic rings. The van der Waals surface area contributed by atoms with E-state index < -0.39 is 15.3 Å². The van der Waals surface area contributed by atoms with Gasteiger partial charge in [0.1, 0.15) is 6.07 Å². The van der Waals surface area contributed by atoms with E-state index in [0.29, 0.717) is 43.1 Å². The average molecular weight is 507 g/mol. The molecule has 0 spiro atoms. The van der Waals surface area contributed by atoms with Gasteiger partial charge in [0.15, 0.2) is 0 Å². The largest absolute Gasteiger partial charge is 0.378 e. The first kappa shape index (κ1) is 24.3. The molecule has 0 unspecified atom stereocenters. The number of carbonyl (C=O) groups is 1. The number of nitrogens with zero attached hydrogens (tertiary/aromatic N) is 3. The normalized spacial score (nSPS) is 16.7. The maximum Gasteiger partial charge on any atom is 0.254 e. The Balaban J connectivity index is 1.59. The molecule has 1 aliphatic carbocycles. The van der Waals surface area contributed by atoms with E-state index >= 15 is 0 Å². The van der Waals surface area contributed by atoms with Crippen LogP contribution in [0.2, 0.25) is 0 Å². The van der Waals surface area contributed by atoms with Gasteiger partial charge in [-0.25, -0.2) is 8.42 Å². The Bertz CT molecular complexity index is 1440. The molecule has 2 aromatic carbocycles. The van der Waals surface area contributed by atoms with Crippen LogP contribution in [-0.4, -0.2) is 55.3 Å². The zero-order chi connectivity index (χ0) is 25.4. The maximum absolute atomic E-state index is 13.2. The minimum Gasteiger partial charge on any atom is -0.378 e. The minimum absolute atomic E-state index is 0.0246. The molecule has 3 aromatic rings. The quantitative estimate of drug-likeness (QED) is 0.529. The first-order valence-electron chi connectivity index (χ1n) is 12.4. The van der Waals surface area contributed by atoms with Crippen molar-refractivity contribution >= 4 is 32.5 Å². The van der Waals surface area contributed by atoms with Crippen LogP contribution in [0.5, 0.6) is 0 Å². The van der Waals surface area contributed by atoms with Gasteiger partial charge in [0.2, 0.25) is 10.0 Å². The number of carbonyl (C=O) groups excluding carboxylic acids is 1. The molecule has 2 fully saturated rings. The Kier molecular flexibility index (Phi) is 6.49. The van der Waals surface area contributed by atoms with Crippen molar-refractivity contribution in [3.8, 4) is 17.3 Å². The van der Waals surface area contributed by atoms with Crippen LogP contribution < -0.4 is 4.72 Å². The first-order chi connectivity index (χ1) is 17.3. The number of sulfonamides is 1. The number of fused-ring (bicyclic) bond motifs is 1. The minimum atomic E-state index is -3.45. The van der Waals surface area contributed by atoms with E-state index in [0.717, 1.165) is 41.4 Å². The number of hydrogen-bond acceptors (Lipinski definition) is 5. The molecule has 1 aliphatic heterocycles. The number of hydrogen-bond donors (Lipinski definition) is 1. The molecule has 188 valence electrons. The van der Waals surface area contributed by atoms with Crippen molar-refractivity contribution in [2.75, 3.05) is 31.0 Å². The molecule has 9 heteroatoms. The predicted octanol–water partition coefficient (Wildman–Crippen LogP) is 4.53. The highest BCUT2D eigenvalue weighted by molar-refractivity contribution is 7.93. The molecule has 1 amide bonds. The summed E-state index contributed by atoms with van der Waals surface area (Å²) in [5.41, 5.74) is 4.19. The predicted molar refractivity (Wildman–Crippen MR) is 139 cm³/mol. The second-order valence-electron chi connectivity index (χ2n) is 9.70. The summed E-state index contributed by atoms with van der Waals surface area (Å²) in [4.78, 5) is 15.0. The van der Waals surface area contributed by atoms with Crippen LogP contribution in [0.4, 0.5) is 5.69 Å². The molecule has 1 aromatic heterocycles. The third-order valence-electron chi connectivity index (χ3n) is 7.14. The van der Waals surface area contributed by atoms with Gasteiger partial charge >= 0.3 is 0 Å². The van der Waals surface area contributed by atoms with E-state index in [-0.39, 0.29) is 11.9 Å². The molecular formula is C27H30N4O4S. The van der Waals surface area contributed by atoms with E-state index in [2.05, 4.69) is 15.4 Å². The van der Waals surface area contributed by atoms with E-state index in [4.69, 9.17) is 4.74 Å². The van der Waals surface area contributed by atoms with Crippen molar-refractivity contribution in [2.24, 2.45) is 0 Å². The van der Waals surface area contributed by atoms with Gasteiger partial charge in [0.25, 0.3) is 5.91 Å². The zero-order valence-electron chi connectivity index (χ0n) is 20.5. The van der Waals surface area contributed by atoms with Crippen molar-refractivity contribution in [2.45, 2.75) is 44.4 Å². The lowest BCUT2D eigenvalue weighted by Gasteiger charge is -2.30. The van der Waals surface area contributed by atoms with Gasteiger partial charge in [-0.2, -0.15) is 5.26 Å². The zero-order valence-corrected chi connectivity index (χ0v) is 21.3. The fraction of sp³-hybridized carbons (Fsp3) is 0.407. The molecule has 36 heavy (non-hydrogen) atoms. The Morgan fingerprint density at radius 2 is 1.81 bits per heavy atom. The van der Waals surface area contributed by atoms with Crippen molar-refractivity contribution in [1.82, 2.24) is 9.47 Å². The van der Waals surface area contributed by atoms with Gasteiger partial charge in [-0.3, -0.25) is 9.52 Å². The second-order valence-corrected chi connectivity index (χ2v) is 11.9. The summed E-state index contributed by atoms with van der Waals surface area (Å²) < 4.78 is 34.7. The Hall–Kier alpha value is -3.35. The lowest BCUT2D eigenvalue weighted by molar-refractivity contribution is 0.0303. The van der Waals surface area contributed by atoms with E-state index in [1.807, 2.05) is 29.2 Å². The maximum atomic E-state index is 13.2. The fourth-order valence-electron chi connectivity index (χ4n) is 4.79. The monoisotopic (exact) mass is 506 g/mol. The highest BCUT2D eigenvalue weighted by atomic mass is 32.2. The second kappa shape index (κ2) is 9.60. The van der Waals surface area contributed by atoms with Crippen LogP contribution in [0, 0.1) is 11.3 Å². The summed E-state index contributed by atoms with van der Waals surface area (Å²) in [6.45, 7) is 5.48. The molecule has 2 heterocycles. The third kappa shape index (κ3) is 4.36. The molecule has 1 N–H and O–H groups in total. The highest BCUT2D eigenvalue weighted by Crippen LogP contribution is 2.43. The van der Waals surface area contributed by atoms with Crippen LogP contribution in [0.25, 0.3) is 22.2 Å². The van der Waals surface area contributed by atoms with Crippen LogP contribution in [0.3, 0.4) is 0 Å². The van der Waals surface area contributed by atoms with Crippen LogP contribution >= 0.6 is 0 Å². The van der Waals surface area contributed by atoms with Gasteiger partial charge in [0.05, 0.1) is 35.2 Å². The average Bonchev–Trinajstić information content (AvgIpc) is 3.16. The third-order valence-corrected chi connectivity index (χ3v) is 8.90. The fourth-order valence-corrected chi connectivity index (χ4v) is 5.49. The molecule has 8 nitrogen and oxygen atoms in total. The van der Waals surface area contributed by atoms with E-state index in [9.17, 15) is 18.5 Å². The smallest absolute Gasteiger partial charge is 0.254 e. The Morgan fingerprint density at radius 1 is 1.11 bits per heavy atom. The van der Waals surface area contributed by atoms with Crippen LogP contribution in [0.15, 0.2) is 42.5 Å². The number of nitrogens with one attached hydrogen (secondary N) is 1. The Morgan fingerprint density at radius 3 is 2.39 bits per heavy atom. The number of anilines is 1. The summed E-state index contributed by atoms with van der Waals surface area (Å²) in [7, 11) is -3.45. The summed E-state index contributed by atoms with van der Waals surface area (Å²) in [6, 6.07) is 15.4. The molecule has 0 radical (unpaired) electrons. The SMILES string of the molecule is CC(C)S(=O)(=O)Nc1ccc(-c2c(C#N)c3ccc(C(=O)N4CCOCC4)cc3n2C2CCC2)cc1. The van der Waals surface area contributed by atoms with Gasteiger partial charge in [-0.05, 0) is 62.9 Å². The molecular weight excluding hydrogens is 476 g/mol. The summed E-state index contributed by atoms with van der Waals surface area (Å²) in [5, 5.41) is 10.4. The summed E-state index contributed by atoms with van der Waals surface area (Å²) >= 11 is 0. The number of nitriles is 1. The number of rotatable bonds is 6. The lowest BCUT2D eigenvalue weighted by Crippen LogP contribution is -2.40. The summed E-state index contributed by atoms with van der Waals surface area (Å²) in [6.07, 6.45) is 3.14. The lowest BCUT2D eigenvalue weighted by atomic mass is 9.92.